The molecule has 5 nitrogen and oxygen atoms in total. The summed E-state index contributed by atoms with van der Waals surface area (Å²) in [7, 11) is 0. The second-order valence-corrected chi connectivity index (χ2v) is 5.57. The fraction of sp³-hybridized carbons (Fsp3) is 0.545. The van der Waals surface area contributed by atoms with Gasteiger partial charge in [-0.15, -0.1) is 33.9 Å². The third-order valence-corrected chi connectivity index (χ3v) is 4.24. The number of halogens is 1. The lowest BCUT2D eigenvalue weighted by molar-refractivity contribution is 0.439. The zero-order valence-corrected chi connectivity index (χ0v) is 12.2. The molecule has 7 heteroatoms. The molecular formula is C11H16ClN5S. The smallest absolute Gasteiger partial charge is 0.193 e. The van der Waals surface area contributed by atoms with Gasteiger partial charge in [-0.2, -0.15) is 0 Å². The zero-order chi connectivity index (χ0) is 12.0. The maximum absolute atomic E-state index is 4.56. The average molecular weight is 286 g/mol. The van der Waals surface area contributed by atoms with Crippen molar-refractivity contribution in [1.29, 1.82) is 0 Å². The van der Waals surface area contributed by atoms with Crippen molar-refractivity contribution in [3.63, 3.8) is 0 Å². The largest absolute Gasteiger partial charge is 0.306 e. The van der Waals surface area contributed by atoms with E-state index >= 15 is 0 Å². The van der Waals surface area contributed by atoms with Crippen LogP contribution in [0.4, 0.5) is 0 Å². The van der Waals surface area contributed by atoms with Crippen molar-refractivity contribution in [2.45, 2.75) is 33.4 Å². The van der Waals surface area contributed by atoms with Gasteiger partial charge in [-0.3, -0.25) is 0 Å². The fourth-order valence-electron chi connectivity index (χ4n) is 2.07. The molecule has 0 saturated carbocycles. The summed E-state index contributed by atoms with van der Waals surface area (Å²) in [4.78, 5) is 5.81. The van der Waals surface area contributed by atoms with Crippen LogP contribution in [0.3, 0.4) is 0 Å². The molecule has 1 aliphatic heterocycles. The van der Waals surface area contributed by atoms with Crippen LogP contribution in [0.1, 0.15) is 29.4 Å². The van der Waals surface area contributed by atoms with E-state index in [0.717, 1.165) is 35.4 Å². The number of fused-ring (bicyclic) bond motifs is 1. The predicted octanol–water partition coefficient (Wildman–Crippen LogP) is 2.10. The molecular weight excluding hydrogens is 270 g/mol. The molecule has 3 rings (SSSR count). The van der Waals surface area contributed by atoms with Crippen LogP contribution in [-0.4, -0.2) is 26.3 Å². The number of nitrogens with zero attached hydrogens (tertiary/aromatic N) is 4. The monoisotopic (exact) mass is 285 g/mol. The topological polar surface area (TPSA) is 55.6 Å². The third kappa shape index (κ3) is 2.04. The highest BCUT2D eigenvalue weighted by molar-refractivity contribution is 7.15. The quantitative estimate of drug-likeness (QED) is 0.872. The molecule has 0 bridgehead atoms. The molecule has 18 heavy (non-hydrogen) atoms. The number of thiazole rings is 1. The molecule has 2 aromatic rings. The molecule has 0 fully saturated rings. The van der Waals surface area contributed by atoms with Crippen molar-refractivity contribution in [2.75, 3.05) is 6.54 Å². The van der Waals surface area contributed by atoms with Gasteiger partial charge < -0.3 is 9.88 Å². The molecule has 0 aromatic carbocycles. The lowest BCUT2D eigenvalue weighted by Gasteiger charge is -2.21. The van der Waals surface area contributed by atoms with Gasteiger partial charge in [-0.05, 0) is 20.8 Å². The minimum atomic E-state index is 0. The molecule has 0 spiro atoms. The summed E-state index contributed by atoms with van der Waals surface area (Å²) in [6.07, 6.45) is 0. The Morgan fingerprint density at radius 2 is 2.11 bits per heavy atom. The fourth-order valence-corrected chi connectivity index (χ4v) is 2.97. The van der Waals surface area contributed by atoms with Gasteiger partial charge in [0.15, 0.2) is 10.8 Å². The summed E-state index contributed by atoms with van der Waals surface area (Å²) in [5, 5.41) is 12.9. The molecule has 0 aliphatic carbocycles. The van der Waals surface area contributed by atoms with Crippen molar-refractivity contribution >= 4 is 23.7 Å². The SMILES string of the molecule is Cc1nc(-c2nnc3n2CCNC3C)sc1C.Cl. The first-order valence-corrected chi connectivity index (χ1v) is 6.59. The molecule has 1 aliphatic rings. The molecule has 0 radical (unpaired) electrons. The van der Waals surface area contributed by atoms with Crippen LogP contribution in [0.25, 0.3) is 10.8 Å². The van der Waals surface area contributed by atoms with E-state index in [-0.39, 0.29) is 18.4 Å². The highest BCUT2D eigenvalue weighted by atomic mass is 35.5. The van der Waals surface area contributed by atoms with Crippen LogP contribution < -0.4 is 5.32 Å². The van der Waals surface area contributed by atoms with Crippen molar-refractivity contribution in [2.24, 2.45) is 0 Å². The molecule has 1 N–H and O–H groups in total. The number of aromatic nitrogens is 4. The lowest BCUT2D eigenvalue weighted by atomic mass is 10.2. The van der Waals surface area contributed by atoms with E-state index in [4.69, 9.17) is 0 Å². The number of rotatable bonds is 1. The lowest BCUT2D eigenvalue weighted by Crippen LogP contribution is -2.32. The van der Waals surface area contributed by atoms with Crippen LogP contribution in [0.2, 0.25) is 0 Å². The van der Waals surface area contributed by atoms with E-state index in [1.807, 2.05) is 6.92 Å². The molecule has 98 valence electrons. The Labute approximate surface area is 116 Å². The Balaban J connectivity index is 0.00000120. The number of nitrogens with one attached hydrogen (secondary N) is 1. The molecule has 3 heterocycles. The second kappa shape index (κ2) is 4.95. The Hall–Kier alpha value is -0.980. The Bertz CT molecular complexity index is 542. The van der Waals surface area contributed by atoms with Crippen molar-refractivity contribution in [3.05, 3.63) is 16.4 Å². The van der Waals surface area contributed by atoms with Gasteiger partial charge in [0.2, 0.25) is 0 Å². The van der Waals surface area contributed by atoms with E-state index in [2.05, 4.69) is 38.9 Å². The van der Waals surface area contributed by atoms with Crippen LogP contribution in [0, 0.1) is 13.8 Å². The van der Waals surface area contributed by atoms with E-state index in [9.17, 15) is 0 Å². The van der Waals surface area contributed by atoms with E-state index in [1.54, 1.807) is 11.3 Å². The molecule has 1 unspecified atom stereocenters. The average Bonchev–Trinajstić information content (AvgIpc) is 2.85. The number of hydrogen-bond donors (Lipinski definition) is 1. The van der Waals surface area contributed by atoms with Crippen molar-refractivity contribution < 1.29 is 0 Å². The first-order chi connectivity index (χ1) is 8.16. The van der Waals surface area contributed by atoms with Gasteiger partial charge in [0.05, 0.1) is 11.7 Å². The Kier molecular flexibility index (Phi) is 3.70. The standard InChI is InChI=1S/C11H15N5S.ClH/c1-6-8(3)17-11(13-6)10-15-14-9-7(2)12-4-5-16(9)10;/h7,12H,4-5H2,1-3H3;1H. The summed E-state index contributed by atoms with van der Waals surface area (Å²) in [5.41, 5.74) is 1.09. The van der Waals surface area contributed by atoms with Crippen molar-refractivity contribution in [3.8, 4) is 10.8 Å². The predicted molar refractivity (Wildman–Crippen MR) is 74.3 cm³/mol. The molecule has 0 amide bonds. The highest BCUT2D eigenvalue weighted by Crippen LogP contribution is 2.28. The van der Waals surface area contributed by atoms with Crippen LogP contribution >= 0.6 is 23.7 Å². The van der Waals surface area contributed by atoms with Gasteiger partial charge in [0.1, 0.15) is 5.82 Å². The van der Waals surface area contributed by atoms with Gasteiger partial charge in [-0.25, -0.2) is 4.98 Å². The first-order valence-electron chi connectivity index (χ1n) is 5.77. The second-order valence-electron chi connectivity index (χ2n) is 4.37. The summed E-state index contributed by atoms with van der Waals surface area (Å²) < 4.78 is 2.18. The van der Waals surface area contributed by atoms with Gasteiger partial charge in [-0.1, -0.05) is 0 Å². The minimum absolute atomic E-state index is 0. The highest BCUT2D eigenvalue weighted by Gasteiger charge is 2.23. The summed E-state index contributed by atoms with van der Waals surface area (Å²) in [6, 6.07) is 0.271. The minimum Gasteiger partial charge on any atom is -0.306 e. The van der Waals surface area contributed by atoms with E-state index < -0.39 is 0 Å². The van der Waals surface area contributed by atoms with Gasteiger partial charge in [0, 0.05) is 18.0 Å². The first kappa shape index (κ1) is 13.5. The Morgan fingerprint density at radius 1 is 1.33 bits per heavy atom. The zero-order valence-electron chi connectivity index (χ0n) is 10.6. The maximum Gasteiger partial charge on any atom is 0.193 e. The van der Waals surface area contributed by atoms with E-state index in [1.165, 1.54) is 4.88 Å². The van der Waals surface area contributed by atoms with Crippen LogP contribution in [0.15, 0.2) is 0 Å². The normalized spacial score (nSPS) is 18.3. The molecule has 2 aromatic heterocycles. The van der Waals surface area contributed by atoms with Gasteiger partial charge in [0.25, 0.3) is 0 Å². The summed E-state index contributed by atoms with van der Waals surface area (Å²) >= 11 is 1.69. The molecule has 0 saturated heterocycles. The number of aryl methyl sites for hydroxylation is 2. The maximum atomic E-state index is 4.56. The third-order valence-electron chi connectivity index (χ3n) is 3.17. The summed E-state index contributed by atoms with van der Waals surface area (Å²) in [5.74, 6) is 1.92. The van der Waals surface area contributed by atoms with Crippen LogP contribution in [0.5, 0.6) is 0 Å². The summed E-state index contributed by atoms with van der Waals surface area (Å²) in [6.45, 7) is 8.12. The Morgan fingerprint density at radius 3 is 2.78 bits per heavy atom. The van der Waals surface area contributed by atoms with E-state index in [0.29, 0.717) is 0 Å². The van der Waals surface area contributed by atoms with Crippen molar-refractivity contribution in [1.82, 2.24) is 25.1 Å². The van der Waals surface area contributed by atoms with Gasteiger partial charge >= 0.3 is 0 Å². The molecule has 1 atom stereocenters. The van der Waals surface area contributed by atoms with Crippen LogP contribution in [-0.2, 0) is 6.54 Å². The number of hydrogen-bond acceptors (Lipinski definition) is 5.